The van der Waals surface area contributed by atoms with E-state index in [-0.39, 0.29) is 10.6 Å². The van der Waals surface area contributed by atoms with Crippen LogP contribution in [0.4, 0.5) is 11.4 Å². The van der Waals surface area contributed by atoms with Crippen LogP contribution in [0.3, 0.4) is 0 Å². The third-order valence-electron chi connectivity index (χ3n) is 5.67. The van der Waals surface area contributed by atoms with Crippen molar-refractivity contribution in [2.24, 2.45) is 0 Å². The van der Waals surface area contributed by atoms with Crippen LogP contribution < -0.4 is 9.55 Å². The molecule has 1 aliphatic rings. The zero-order valence-corrected chi connectivity index (χ0v) is 17.2. The number of hydrogen-bond acceptors (Lipinski definition) is 2. The Hall–Kier alpha value is -2.95. The van der Waals surface area contributed by atoms with Gasteiger partial charge in [-0.3, -0.25) is 4.79 Å². The molecule has 0 unspecified atom stereocenters. The Bertz CT molecular complexity index is 1070. The summed E-state index contributed by atoms with van der Waals surface area (Å²) in [5.41, 5.74) is 7.53. The zero-order valence-electron chi connectivity index (χ0n) is 17.2. The first-order valence-corrected chi connectivity index (χ1v) is 9.99. The van der Waals surface area contributed by atoms with Gasteiger partial charge in [-0.25, -0.2) is 5.21 Å². The maximum absolute atomic E-state index is 12.5. The summed E-state index contributed by atoms with van der Waals surface area (Å²) in [4.78, 5) is 14.3. The molecule has 4 heteroatoms. The van der Waals surface area contributed by atoms with Crippen molar-refractivity contribution < 1.29 is 10.0 Å². The quantitative estimate of drug-likeness (QED) is 0.499. The smallest absolute Gasteiger partial charge is 0.224 e. The fourth-order valence-corrected chi connectivity index (χ4v) is 4.17. The minimum Gasteiger partial charge on any atom is -0.308 e. The van der Waals surface area contributed by atoms with Gasteiger partial charge in [0.25, 0.3) is 0 Å². The molecule has 4 rings (SSSR count). The van der Waals surface area contributed by atoms with Crippen LogP contribution in [0.5, 0.6) is 0 Å². The van der Waals surface area contributed by atoms with Crippen LogP contribution in [0.1, 0.15) is 23.6 Å². The van der Waals surface area contributed by atoms with Crippen molar-refractivity contribution in [1.29, 1.82) is 0 Å². The standard InChI is InChI=1S/C25H27N2O2/c1-18(28)26-17-22-16-21(23-9-5-7-11-25(23)27(2,3)29)15-13-19(22)12-14-20-8-4-6-10-24(20)26/h4-11,13,15-16,29H,12,14,17H2,1-3H3/q+1. The van der Waals surface area contributed by atoms with E-state index in [0.717, 1.165) is 40.9 Å². The second-order valence-electron chi connectivity index (χ2n) is 8.13. The zero-order chi connectivity index (χ0) is 20.6. The highest BCUT2D eigenvalue weighted by Crippen LogP contribution is 2.35. The van der Waals surface area contributed by atoms with Gasteiger partial charge in [0.15, 0.2) is 5.69 Å². The maximum atomic E-state index is 12.5. The number of carbonyl (C=O) groups excluding carboxylic acids is 1. The van der Waals surface area contributed by atoms with E-state index in [1.807, 2.05) is 47.4 Å². The van der Waals surface area contributed by atoms with Gasteiger partial charge in [0.2, 0.25) is 5.91 Å². The van der Waals surface area contributed by atoms with Gasteiger partial charge < -0.3 is 4.90 Å². The Balaban J connectivity index is 1.80. The van der Waals surface area contributed by atoms with Crippen LogP contribution >= 0.6 is 0 Å². The number of carbonyl (C=O) groups is 1. The maximum Gasteiger partial charge on any atom is 0.224 e. The number of aryl methyl sites for hydroxylation is 2. The summed E-state index contributed by atoms with van der Waals surface area (Å²) in [5.74, 6) is 0.0456. The Morgan fingerprint density at radius 2 is 1.59 bits per heavy atom. The average molecular weight is 388 g/mol. The normalized spacial score (nSPS) is 13.9. The second-order valence-corrected chi connectivity index (χ2v) is 8.13. The van der Waals surface area contributed by atoms with Crippen molar-refractivity contribution in [3.63, 3.8) is 0 Å². The molecule has 29 heavy (non-hydrogen) atoms. The summed E-state index contributed by atoms with van der Waals surface area (Å²) in [7, 11) is 3.50. The molecule has 4 nitrogen and oxygen atoms in total. The molecule has 1 aliphatic heterocycles. The number of amides is 1. The van der Waals surface area contributed by atoms with E-state index in [1.165, 1.54) is 11.1 Å². The van der Waals surface area contributed by atoms with E-state index < -0.39 is 0 Å². The van der Waals surface area contributed by atoms with E-state index in [2.05, 4.69) is 24.3 Å². The molecule has 1 amide bonds. The Morgan fingerprint density at radius 1 is 0.897 bits per heavy atom. The molecule has 1 heterocycles. The van der Waals surface area contributed by atoms with Crippen LogP contribution in [-0.4, -0.2) is 25.2 Å². The number of anilines is 1. The number of rotatable bonds is 2. The molecule has 0 fully saturated rings. The van der Waals surface area contributed by atoms with Crippen molar-refractivity contribution in [2.75, 3.05) is 19.0 Å². The monoisotopic (exact) mass is 387 g/mol. The van der Waals surface area contributed by atoms with E-state index in [1.54, 1.807) is 21.0 Å². The lowest BCUT2D eigenvalue weighted by molar-refractivity contribution is -0.116. The summed E-state index contributed by atoms with van der Waals surface area (Å²) in [6, 6.07) is 22.6. The molecule has 0 saturated carbocycles. The topological polar surface area (TPSA) is 40.5 Å². The number of para-hydroxylation sites is 2. The Morgan fingerprint density at radius 3 is 2.34 bits per heavy atom. The highest BCUT2D eigenvalue weighted by atomic mass is 16.5. The van der Waals surface area contributed by atoms with Crippen molar-refractivity contribution in [3.05, 3.63) is 83.4 Å². The third-order valence-corrected chi connectivity index (χ3v) is 5.67. The number of benzene rings is 3. The van der Waals surface area contributed by atoms with Gasteiger partial charge >= 0.3 is 0 Å². The molecule has 0 saturated heterocycles. The predicted molar refractivity (Wildman–Crippen MR) is 118 cm³/mol. The largest absolute Gasteiger partial charge is 0.308 e. The summed E-state index contributed by atoms with van der Waals surface area (Å²) >= 11 is 0. The SMILES string of the molecule is CC(=O)N1Cc2cc(-c3ccccc3[N+](C)(C)O)ccc2CCc2ccccc21. The molecule has 148 valence electrons. The summed E-state index contributed by atoms with van der Waals surface area (Å²) in [6.07, 6.45) is 1.85. The van der Waals surface area contributed by atoms with E-state index >= 15 is 0 Å². The number of fused-ring (bicyclic) bond motifs is 2. The first-order valence-electron chi connectivity index (χ1n) is 9.99. The predicted octanol–water partition coefficient (Wildman–Crippen LogP) is 4.96. The van der Waals surface area contributed by atoms with Crippen LogP contribution in [0.25, 0.3) is 11.1 Å². The minimum absolute atomic E-state index is 0.0456. The van der Waals surface area contributed by atoms with Crippen molar-refractivity contribution in [1.82, 2.24) is 4.65 Å². The van der Waals surface area contributed by atoms with Crippen LogP contribution in [0.15, 0.2) is 66.7 Å². The molecule has 0 spiro atoms. The molecule has 0 atom stereocenters. The number of quaternary nitrogens is 1. The molecule has 0 bridgehead atoms. The van der Waals surface area contributed by atoms with E-state index in [0.29, 0.717) is 6.54 Å². The summed E-state index contributed by atoms with van der Waals surface area (Å²) < 4.78 is -0.236. The van der Waals surface area contributed by atoms with Gasteiger partial charge in [0.1, 0.15) is 14.1 Å². The molecular weight excluding hydrogens is 360 g/mol. The number of hydroxylamine groups is 2. The van der Waals surface area contributed by atoms with E-state index in [4.69, 9.17) is 0 Å². The lowest BCUT2D eigenvalue weighted by Gasteiger charge is -2.28. The molecule has 0 aromatic heterocycles. The highest BCUT2D eigenvalue weighted by Gasteiger charge is 2.23. The lowest BCUT2D eigenvalue weighted by atomic mass is 9.92. The van der Waals surface area contributed by atoms with Crippen molar-refractivity contribution in [3.8, 4) is 11.1 Å². The number of hydrogen-bond donors (Lipinski definition) is 1. The van der Waals surface area contributed by atoms with Crippen LogP contribution in [0, 0.1) is 0 Å². The molecule has 3 aromatic carbocycles. The van der Waals surface area contributed by atoms with Gasteiger partial charge in [0, 0.05) is 24.2 Å². The van der Waals surface area contributed by atoms with E-state index in [9.17, 15) is 10.0 Å². The molecule has 3 aromatic rings. The summed E-state index contributed by atoms with van der Waals surface area (Å²) in [5, 5.41) is 10.6. The van der Waals surface area contributed by atoms with Gasteiger partial charge in [-0.15, -0.1) is 0 Å². The molecule has 0 aliphatic carbocycles. The fraction of sp³-hybridized carbons (Fsp3) is 0.240. The Labute approximate surface area is 172 Å². The van der Waals surface area contributed by atoms with Crippen LogP contribution in [0.2, 0.25) is 0 Å². The average Bonchev–Trinajstić information content (AvgIpc) is 2.68. The summed E-state index contributed by atoms with van der Waals surface area (Å²) in [6.45, 7) is 2.18. The van der Waals surface area contributed by atoms with Gasteiger partial charge in [-0.2, -0.15) is 4.65 Å². The second kappa shape index (κ2) is 7.47. The highest BCUT2D eigenvalue weighted by molar-refractivity contribution is 5.92. The third kappa shape index (κ3) is 3.82. The first-order chi connectivity index (χ1) is 13.8. The van der Waals surface area contributed by atoms with Gasteiger partial charge in [-0.05, 0) is 53.3 Å². The number of nitrogens with zero attached hydrogens (tertiary/aromatic N) is 2. The van der Waals surface area contributed by atoms with Gasteiger partial charge in [-0.1, -0.05) is 42.5 Å². The minimum atomic E-state index is -0.236. The molecular formula is C25H27N2O2+. The van der Waals surface area contributed by atoms with Crippen LogP contribution in [-0.2, 0) is 24.2 Å². The van der Waals surface area contributed by atoms with Crippen molar-refractivity contribution >= 4 is 17.3 Å². The molecule has 0 radical (unpaired) electrons. The fourth-order valence-electron chi connectivity index (χ4n) is 4.17. The Kier molecular flexibility index (Phi) is 4.99. The molecule has 1 N–H and O–H groups in total. The first kappa shape index (κ1) is 19.4. The van der Waals surface area contributed by atoms with Crippen molar-refractivity contribution in [2.45, 2.75) is 26.3 Å². The van der Waals surface area contributed by atoms with Gasteiger partial charge in [0.05, 0.1) is 6.54 Å². The lowest BCUT2D eigenvalue weighted by Crippen LogP contribution is -2.36.